The highest BCUT2D eigenvalue weighted by Gasteiger charge is 2.43. The van der Waals surface area contributed by atoms with Gasteiger partial charge in [-0.05, 0) is 27.2 Å². The first-order valence-electron chi connectivity index (χ1n) is 6.21. The van der Waals surface area contributed by atoms with Gasteiger partial charge in [0.05, 0.1) is 6.10 Å². The standard InChI is InChI=1S/C13H21NO5/c1-5-8-18-11(16)10-9(15)6-7-14(10)12(17)19-13(2,3)4/h5,9-10,15H,1,6-8H2,2-4H3. The molecule has 2 unspecified atom stereocenters. The van der Waals surface area contributed by atoms with E-state index < -0.39 is 29.8 Å². The molecule has 1 aliphatic heterocycles. The number of aliphatic hydroxyl groups excluding tert-OH is 1. The lowest BCUT2D eigenvalue weighted by Crippen LogP contribution is -2.47. The smallest absolute Gasteiger partial charge is 0.411 e. The fourth-order valence-corrected chi connectivity index (χ4v) is 1.81. The minimum Gasteiger partial charge on any atom is -0.460 e. The van der Waals surface area contributed by atoms with E-state index in [1.54, 1.807) is 20.8 Å². The maximum Gasteiger partial charge on any atom is 0.411 e. The maximum atomic E-state index is 12.0. The van der Waals surface area contributed by atoms with Crippen LogP contribution in [0.25, 0.3) is 0 Å². The fourth-order valence-electron chi connectivity index (χ4n) is 1.81. The zero-order chi connectivity index (χ0) is 14.6. The molecule has 19 heavy (non-hydrogen) atoms. The summed E-state index contributed by atoms with van der Waals surface area (Å²) in [6.07, 6.45) is 0.207. The Bertz CT molecular complexity index is 361. The topological polar surface area (TPSA) is 76.1 Å². The van der Waals surface area contributed by atoms with Gasteiger partial charge in [-0.25, -0.2) is 9.59 Å². The van der Waals surface area contributed by atoms with E-state index in [0.717, 1.165) is 0 Å². The monoisotopic (exact) mass is 271 g/mol. The van der Waals surface area contributed by atoms with Crippen LogP contribution in [0.1, 0.15) is 27.2 Å². The van der Waals surface area contributed by atoms with Gasteiger partial charge in [-0.2, -0.15) is 0 Å². The van der Waals surface area contributed by atoms with E-state index >= 15 is 0 Å². The molecule has 108 valence electrons. The van der Waals surface area contributed by atoms with Gasteiger partial charge in [-0.3, -0.25) is 4.90 Å². The molecule has 1 fully saturated rings. The summed E-state index contributed by atoms with van der Waals surface area (Å²) >= 11 is 0. The number of hydrogen-bond donors (Lipinski definition) is 1. The number of likely N-dealkylation sites (tertiary alicyclic amines) is 1. The Hall–Kier alpha value is -1.56. The summed E-state index contributed by atoms with van der Waals surface area (Å²) in [7, 11) is 0. The molecule has 0 aromatic rings. The minimum absolute atomic E-state index is 0.0458. The van der Waals surface area contributed by atoms with Crippen molar-refractivity contribution in [1.82, 2.24) is 4.90 Å². The van der Waals surface area contributed by atoms with Crippen LogP contribution in [-0.4, -0.2) is 53.0 Å². The Kier molecular flexibility index (Phi) is 4.94. The highest BCUT2D eigenvalue weighted by atomic mass is 16.6. The van der Waals surface area contributed by atoms with Crippen molar-refractivity contribution < 1.29 is 24.2 Å². The number of carbonyl (C=O) groups excluding carboxylic acids is 2. The molecule has 2 atom stereocenters. The van der Waals surface area contributed by atoms with Crippen molar-refractivity contribution in [2.45, 2.75) is 44.9 Å². The highest BCUT2D eigenvalue weighted by Crippen LogP contribution is 2.22. The lowest BCUT2D eigenvalue weighted by atomic mass is 10.2. The zero-order valence-electron chi connectivity index (χ0n) is 11.6. The molecule has 0 spiro atoms. The molecule has 1 N–H and O–H groups in total. The predicted octanol–water partition coefficient (Wildman–Crippen LogP) is 1.09. The number of ether oxygens (including phenoxy) is 2. The van der Waals surface area contributed by atoms with Crippen molar-refractivity contribution in [1.29, 1.82) is 0 Å². The molecule has 6 nitrogen and oxygen atoms in total. The predicted molar refractivity (Wildman–Crippen MR) is 68.5 cm³/mol. The normalized spacial score (nSPS) is 23.1. The van der Waals surface area contributed by atoms with E-state index in [-0.39, 0.29) is 13.2 Å². The summed E-state index contributed by atoms with van der Waals surface area (Å²) in [6, 6.07) is -1.00. The summed E-state index contributed by atoms with van der Waals surface area (Å²) in [4.78, 5) is 25.0. The van der Waals surface area contributed by atoms with Crippen LogP contribution in [0.15, 0.2) is 12.7 Å². The van der Waals surface area contributed by atoms with Gasteiger partial charge in [0.1, 0.15) is 12.2 Å². The van der Waals surface area contributed by atoms with E-state index in [4.69, 9.17) is 9.47 Å². The molecule has 1 aliphatic rings. The van der Waals surface area contributed by atoms with E-state index in [1.807, 2.05) is 0 Å². The zero-order valence-corrected chi connectivity index (χ0v) is 11.6. The first kappa shape index (κ1) is 15.5. The number of carbonyl (C=O) groups is 2. The van der Waals surface area contributed by atoms with Gasteiger partial charge < -0.3 is 14.6 Å². The molecule has 0 saturated carbocycles. The first-order chi connectivity index (χ1) is 8.76. The van der Waals surface area contributed by atoms with Gasteiger partial charge in [0.25, 0.3) is 0 Å². The molecule has 1 heterocycles. The Morgan fingerprint density at radius 3 is 2.63 bits per heavy atom. The lowest BCUT2D eigenvalue weighted by molar-refractivity contribution is -0.150. The Morgan fingerprint density at radius 1 is 1.47 bits per heavy atom. The van der Waals surface area contributed by atoms with Gasteiger partial charge in [-0.1, -0.05) is 12.7 Å². The summed E-state index contributed by atoms with van der Waals surface area (Å²) in [5.74, 6) is -0.643. The molecule has 0 aromatic carbocycles. The van der Waals surface area contributed by atoms with Crippen LogP contribution in [0.3, 0.4) is 0 Å². The Balaban J connectivity index is 2.73. The van der Waals surface area contributed by atoms with Crippen LogP contribution in [-0.2, 0) is 14.3 Å². The van der Waals surface area contributed by atoms with Crippen molar-refractivity contribution >= 4 is 12.1 Å². The van der Waals surface area contributed by atoms with Crippen LogP contribution in [0, 0.1) is 0 Å². The Morgan fingerprint density at radius 2 is 2.11 bits per heavy atom. The van der Waals surface area contributed by atoms with Crippen LogP contribution >= 0.6 is 0 Å². The molecule has 6 heteroatoms. The lowest BCUT2D eigenvalue weighted by Gasteiger charge is -2.28. The summed E-state index contributed by atoms with van der Waals surface area (Å²) in [5.41, 5.74) is -0.653. The number of nitrogens with zero attached hydrogens (tertiary/aromatic N) is 1. The van der Waals surface area contributed by atoms with Crippen molar-refractivity contribution in [3.63, 3.8) is 0 Å². The fraction of sp³-hybridized carbons (Fsp3) is 0.692. The number of hydrogen-bond acceptors (Lipinski definition) is 5. The third-order valence-corrected chi connectivity index (χ3v) is 2.58. The van der Waals surface area contributed by atoms with Crippen molar-refractivity contribution in [3.05, 3.63) is 12.7 Å². The van der Waals surface area contributed by atoms with E-state index in [2.05, 4.69) is 6.58 Å². The van der Waals surface area contributed by atoms with Crippen LogP contribution in [0.5, 0.6) is 0 Å². The van der Waals surface area contributed by atoms with Crippen molar-refractivity contribution in [3.8, 4) is 0 Å². The molecule has 1 rings (SSSR count). The van der Waals surface area contributed by atoms with Gasteiger partial charge in [0.2, 0.25) is 0 Å². The second-order valence-corrected chi connectivity index (χ2v) is 5.39. The van der Waals surface area contributed by atoms with Gasteiger partial charge >= 0.3 is 12.1 Å². The van der Waals surface area contributed by atoms with Crippen LogP contribution in [0.4, 0.5) is 4.79 Å². The second-order valence-electron chi connectivity index (χ2n) is 5.39. The SMILES string of the molecule is C=CCOC(=O)C1C(O)CCN1C(=O)OC(C)(C)C. The highest BCUT2D eigenvalue weighted by molar-refractivity contribution is 5.83. The molecule has 0 bridgehead atoms. The first-order valence-corrected chi connectivity index (χ1v) is 6.21. The number of esters is 1. The number of rotatable bonds is 3. The Labute approximate surface area is 113 Å². The summed E-state index contributed by atoms with van der Waals surface area (Å²) in [5, 5.41) is 9.80. The molecule has 1 amide bonds. The number of aliphatic hydroxyl groups is 1. The van der Waals surface area contributed by atoms with E-state index in [1.165, 1.54) is 11.0 Å². The molecular formula is C13H21NO5. The van der Waals surface area contributed by atoms with Gasteiger partial charge in [-0.15, -0.1) is 0 Å². The number of amides is 1. The van der Waals surface area contributed by atoms with Gasteiger partial charge in [0, 0.05) is 6.54 Å². The van der Waals surface area contributed by atoms with Crippen LogP contribution in [0.2, 0.25) is 0 Å². The molecule has 0 aliphatic carbocycles. The summed E-state index contributed by atoms with van der Waals surface area (Å²) in [6.45, 7) is 8.97. The van der Waals surface area contributed by atoms with Crippen molar-refractivity contribution in [2.75, 3.05) is 13.2 Å². The third-order valence-electron chi connectivity index (χ3n) is 2.58. The van der Waals surface area contributed by atoms with Gasteiger partial charge in [0.15, 0.2) is 6.04 Å². The quantitative estimate of drug-likeness (QED) is 0.614. The van der Waals surface area contributed by atoms with E-state index in [9.17, 15) is 14.7 Å². The van der Waals surface area contributed by atoms with Crippen LogP contribution < -0.4 is 0 Å². The van der Waals surface area contributed by atoms with E-state index in [0.29, 0.717) is 6.42 Å². The maximum absolute atomic E-state index is 12.0. The average molecular weight is 271 g/mol. The second kappa shape index (κ2) is 6.06. The third kappa shape index (κ3) is 4.24. The molecular weight excluding hydrogens is 250 g/mol. The summed E-state index contributed by atoms with van der Waals surface area (Å²) < 4.78 is 10.1. The minimum atomic E-state index is -1.00. The molecule has 0 radical (unpaired) electrons. The molecule has 0 aromatic heterocycles. The molecule has 1 saturated heterocycles. The van der Waals surface area contributed by atoms with Crippen molar-refractivity contribution in [2.24, 2.45) is 0 Å². The average Bonchev–Trinajstić information content (AvgIpc) is 2.66. The largest absolute Gasteiger partial charge is 0.460 e.